The second kappa shape index (κ2) is 6.18. The highest BCUT2D eigenvalue weighted by Crippen LogP contribution is 2.36. The highest BCUT2D eigenvalue weighted by molar-refractivity contribution is 7.21. The maximum Gasteiger partial charge on any atom is 0.409 e. The Labute approximate surface area is 143 Å². The summed E-state index contributed by atoms with van der Waals surface area (Å²) < 4.78 is 8.83. The maximum absolute atomic E-state index is 10.2. The van der Waals surface area contributed by atoms with Gasteiger partial charge in [-0.25, -0.2) is 4.57 Å². The van der Waals surface area contributed by atoms with Crippen molar-refractivity contribution in [1.29, 1.82) is 0 Å². The first kappa shape index (κ1) is 15.0. The monoisotopic (exact) mass is 341 g/mol. The Bertz CT molecular complexity index is 936. The van der Waals surface area contributed by atoms with Crippen LogP contribution in [-0.4, -0.2) is 18.3 Å². The fourth-order valence-electron chi connectivity index (χ4n) is 2.68. The highest BCUT2D eigenvalue weighted by Gasteiger charge is 2.17. The average Bonchev–Trinajstić information content (AvgIpc) is 2.76. The Kier molecular flexibility index (Phi) is 3.87. The standard InChI is InChI=1S/C17H16N4O2S/c1-21-13-4-2-3-5-16(13)24-17(21)20-19-12-9-15-11(8-14(12)22)10-18-6-7-23-15/h2-5,8-9,18H,6-7,10H2,1H3/p+1. The number of nitrogens with one attached hydrogen (secondary N) is 1. The number of aryl methyl sites for hydroxylation is 1. The molecule has 0 saturated heterocycles. The van der Waals surface area contributed by atoms with Gasteiger partial charge in [0.25, 0.3) is 0 Å². The molecule has 0 unspecified atom stereocenters. The molecule has 3 aromatic rings. The summed E-state index contributed by atoms with van der Waals surface area (Å²) in [5.41, 5.74) is 2.45. The molecule has 24 heavy (non-hydrogen) atoms. The number of para-hydroxylation sites is 1. The molecule has 6 nitrogen and oxygen atoms in total. The molecule has 0 spiro atoms. The van der Waals surface area contributed by atoms with Crippen LogP contribution in [0.4, 0.5) is 10.8 Å². The molecule has 122 valence electrons. The summed E-state index contributed by atoms with van der Waals surface area (Å²) >= 11 is 1.56. The van der Waals surface area contributed by atoms with E-state index in [1.54, 1.807) is 23.5 Å². The van der Waals surface area contributed by atoms with Gasteiger partial charge in [-0.3, -0.25) is 0 Å². The number of phenols is 1. The number of aromatic nitrogens is 1. The maximum atomic E-state index is 10.2. The van der Waals surface area contributed by atoms with Gasteiger partial charge in [0.15, 0.2) is 5.69 Å². The molecule has 0 fully saturated rings. The average molecular weight is 341 g/mol. The van der Waals surface area contributed by atoms with Gasteiger partial charge in [0.2, 0.25) is 0 Å². The SMILES string of the molecule is C[n+]1c(N=Nc2cc3c(cc2O)CNCCO3)sc2ccccc21. The molecule has 1 aliphatic heterocycles. The third-order valence-electron chi connectivity index (χ3n) is 3.97. The van der Waals surface area contributed by atoms with E-state index in [2.05, 4.69) is 21.6 Å². The summed E-state index contributed by atoms with van der Waals surface area (Å²) in [6.45, 7) is 2.05. The van der Waals surface area contributed by atoms with Crippen molar-refractivity contribution in [3.8, 4) is 11.5 Å². The normalized spacial score (nSPS) is 14.5. The Morgan fingerprint density at radius 2 is 2.12 bits per heavy atom. The zero-order valence-corrected chi connectivity index (χ0v) is 14.0. The van der Waals surface area contributed by atoms with E-state index in [1.807, 2.05) is 29.8 Å². The first-order valence-corrected chi connectivity index (χ1v) is 8.53. The highest BCUT2D eigenvalue weighted by atomic mass is 32.1. The summed E-state index contributed by atoms with van der Waals surface area (Å²) in [5, 5.41) is 22.8. The molecule has 0 saturated carbocycles. The van der Waals surface area contributed by atoms with Crippen molar-refractivity contribution in [2.24, 2.45) is 17.3 Å². The molecule has 4 rings (SSSR count). The van der Waals surface area contributed by atoms with Crippen LogP contribution in [0.3, 0.4) is 0 Å². The van der Waals surface area contributed by atoms with Crippen LogP contribution in [0.5, 0.6) is 11.5 Å². The number of hydrogen-bond acceptors (Lipinski definition) is 6. The minimum Gasteiger partial charge on any atom is -0.506 e. The summed E-state index contributed by atoms with van der Waals surface area (Å²) in [4.78, 5) is 0. The van der Waals surface area contributed by atoms with Gasteiger partial charge in [-0.15, -0.1) is 0 Å². The summed E-state index contributed by atoms with van der Waals surface area (Å²) in [6.07, 6.45) is 0. The van der Waals surface area contributed by atoms with E-state index in [-0.39, 0.29) is 5.75 Å². The lowest BCUT2D eigenvalue weighted by atomic mass is 10.1. The van der Waals surface area contributed by atoms with Crippen molar-refractivity contribution in [2.75, 3.05) is 13.2 Å². The van der Waals surface area contributed by atoms with Crippen LogP contribution in [-0.2, 0) is 13.6 Å². The van der Waals surface area contributed by atoms with Crippen LogP contribution in [0, 0.1) is 0 Å². The Morgan fingerprint density at radius 1 is 1.25 bits per heavy atom. The Morgan fingerprint density at radius 3 is 3.00 bits per heavy atom. The minimum atomic E-state index is 0.105. The number of azo groups is 1. The second-order valence-electron chi connectivity index (χ2n) is 5.59. The van der Waals surface area contributed by atoms with Gasteiger partial charge in [-0.2, -0.15) is 0 Å². The quantitative estimate of drug-likeness (QED) is 0.555. The van der Waals surface area contributed by atoms with Crippen molar-refractivity contribution in [3.63, 3.8) is 0 Å². The molecule has 2 heterocycles. The van der Waals surface area contributed by atoms with Crippen molar-refractivity contribution in [3.05, 3.63) is 42.0 Å². The number of fused-ring (bicyclic) bond motifs is 2. The number of aromatic hydroxyl groups is 1. The number of nitrogens with zero attached hydrogens (tertiary/aromatic N) is 3. The number of benzene rings is 2. The molecule has 0 amide bonds. The predicted molar refractivity (Wildman–Crippen MR) is 92.5 cm³/mol. The fraction of sp³-hybridized carbons (Fsp3) is 0.235. The van der Waals surface area contributed by atoms with Crippen LogP contribution < -0.4 is 14.6 Å². The second-order valence-corrected chi connectivity index (χ2v) is 6.59. The summed E-state index contributed by atoms with van der Waals surface area (Å²) in [5.74, 6) is 0.848. The van der Waals surface area contributed by atoms with Crippen molar-refractivity contribution < 1.29 is 14.4 Å². The van der Waals surface area contributed by atoms with E-state index in [0.29, 0.717) is 18.8 Å². The zero-order valence-electron chi connectivity index (χ0n) is 13.2. The van der Waals surface area contributed by atoms with Crippen molar-refractivity contribution >= 4 is 32.4 Å². The molecule has 0 aliphatic carbocycles. The molecule has 0 bridgehead atoms. The fourth-order valence-corrected chi connectivity index (χ4v) is 3.65. The van der Waals surface area contributed by atoms with Crippen LogP contribution in [0.1, 0.15) is 5.56 Å². The minimum absolute atomic E-state index is 0.105. The lowest BCUT2D eigenvalue weighted by molar-refractivity contribution is -0.627. The molecule has 2 N–H and O–H groups in total. The Balaban J connectivity index is 1.70. The first-order valence-electron chi connectivity index (χ1n) is 7.71. The predicted octanol–water partition coefficient (Wildman–Crippen LogP) is 3.33. The van der Waals surface area contributed by atoms with Gasteiger partial charge in [0.05, 0.1) is 16.9 Å². The third-order valence-corrected chi connectivity index (χ3v) is 5.07. The molecular formula is C17H17N4O2S+. The molecule has 0 radical (unpaired) electrons. The van der Waals surface area contributed by atoms with E-state index in [4.69, 9.17) is 4.74 Å². The number of rotatable bonds is 2. The summed E-state index contributed by atoms with van der Waals surface area (Å²) in [7, 11) is 1.96. The first-order chi connectivity index (χ1) is 11.7. The number of ether oxygens (including phenoxy) is 1. The Hall–Kier alpha value is -2.51. The molecule has 1 aromatic heterocycles. The van der Waals surface area contributed by atoms with Gasteiger partial charge in [-0.1, -0.05) is 12.1 Å². The van der Waals surface area contributed by atoms with Gasteiger partial charge in [-0.05, 0) is 34.7 Å². The van der Waals surface area contributed by atoms with Crippen LogP contribution in [0.15, 0.2) is 46.6 Å². The molecule has 1 aliphatic rings. The van der Waals surface area contributed by atoms with Crippen molar-refractivity contribution in [1.82, 2.24) is 5.32 Å². The van der Waals surface area contributed by atoms with Gasteiger partial charge >= 0.3 is 5.13 Å². The van der Waals surface area contributed by atoms with Gasteiger partial charge in [0.1, 0.15) is 23.6 Å². The number of thiazole rings is 1. The van der Waals surface area contributed by atoms with Crippen molar-refractivity contribution in [2.45, 2.75) is 6.54 Å². The van der Waals surface area contributed by atoms with Crippen LogP contribution in [0.25, 0.3) is 10.2 Å². The van der Waals surface area contributed by atoms with Crippen LogP contribution >= 0.6 is 11.3 Å². The number of phenolic OH excluding ortho intramolecular Hbond substituents is 1. The van der Waals surface area contributed by atoms with E-state index in [9.17, 15) is 5.11 Å². The zero-order chi connectivity index (χ0) is 16.5. The molecule has 7 heteroatoms. The van der Waals surface area contributed by atoms with Gasteiger partial charge < -0.3 is 15.2 Å². The lowest BCUT2D eigenvalue weighted by Crippen LogP contribution is -2.25. The third kappa shape index (κ3) is 2.72. The smallest absolute Gasteiger partial charge is 0.409 e. The summed E-state index contributed by atoms with van der Waals surface area (Å²) in [6, 6.07) is 11.5. The van der Waals surface area contributed by atoms with E-state index in [1.165, 1.54) is 0 Å². The molecule has 0 atom stereocenters. The van der Waals surface area contributed by atoms with E-state index >= 15 is 0 Å². The molecular weight excluding hydrogens is 324 g/mol. The molecule has 2 aromatic carbocycles. The van der Waals surface area contributed by atoms with E-state index in [0.717, 1.165) is 33.2 Å². The van der Waals surface area contributed by atoms with Crippen LogP contribution in [0.2, 0.25) is 0 Å². The largest absolute Gasteiger partial charge is 0.506 e. The van der Waals surface area contributed by atoms with Gasteiger partial charge in [0, 0.05) is 24.7 Å². The number of hydrogen-bond donors (Lipinski definition) is 2. The lowest BCUT2D eigenvalue weighted by Gasteiger charge is -2.07. The van der Waals surface area contributed by atoms with E-state index < -0.39 is 0 Å². The topological polar surface area (TPSA) is 70.1 Å².